The van der Waals surface area contributed by atoms with Crippen molar-refractivity contribution < 1.29 is 4.42 Å². The molecule has 0 N–H and O–H groups in total. The number of rotatable bonds is 2. The van der Waals surface area contributed by atoms with Crippen molar-refractivity contribution in [3.63, 3.8) is 0 Å². The van der Waals surface area contributed by atoms with Crippen LogP contribution in [0.15, 0.2) is 126 Å². The fraction of sp³-hybridized carbons (Fsp3) is 0. The van der Waals surface area contributed by atoms with Crippen LogP contribution >= 0.6 is 0 Å². The molecule has 0 aliphatic carbocycles. The molecule has 0 aliphatic heterocycles. The van der Waals surface area contributed by atoms with Gasteiger partial charge in [-0.05, 0) is 56.9 Å². The van der Waals surface area contributed by atoms with E-state index in [0.29, 0.717) is 5.71 Å². The van der Waals surface area contributed by atoms with Gasteiger partial charge in [-0.2, -0.15) is 0 Å². The van der Waals surface area contributed by atoms with Crippen LogP contribution in [0.5, 0.6) is 0 Å². The molecule has 0 aliphatic rings. The molecule has 0 atom stereocenters. The molecule has 9 aromatic rings. The Bertz CT molecular complexity index is 2440. The van der Waals surface area contributed by atoms with Crippen LogP contribution in [0.2, 0.25) is 0 Å². The third-order valence-electron chi connectivity index (χ3n) is 8.01. The molecule has 0 saturated carbocycles. The number of pyridine rings is 2. The highest BCUT2D eigenvalue weighted by Crippen LogP contribution is 2.44. The summed E-state index contributed by atoms with van der Waals surface area (Å²) in [4.78, 5) is 18.9. The van der Waals surface area contributed by atoms with E-state index < -0.39 is 0 Å². The maximum Gasteiger partial charge on any atom is 0.246 e. The second kappa shape index (κ2) is 8.41. The van der Waals surface area contributed by atoms with E-state index in [0.717, 1.165) is 76.7 Å². The van der Waals surface area contributed by atoms with Crippen LogP contribution in [-0.4, -0.2) is 19.9 Å². The van der Waals surface area contributed by atoms with Crippen molar-refractivity contribution in [1.29, 1.82) is 0 Å². The second-order valence-corrected chi connectivity index (χ2v) is 10.3. The van der Waals surface area contributed by atoms with E-state index in [4.69, 9.17) is 9.40 Å². The van der Waals surface area contributed by atoms with Gasteiger partial charge >= 0.3 is 0 Å². The Kier molecular flexibility index (Phi) is 4.55. The molecule has 0 radical (unpaired) electrons. The minimum absolute atomic E-state index is 0.550. The first kappa shape index (κ1) is 22.2. The van der Waals surface area contributed by atoms with E-state index in [1.807, 2.05) is 18.3 Å². The van der Waals surface area contributed by atoms with Gasteiger partial charge in [0, 0.05) is 40.3 Å². The van der Waals surface area contributed by atoms with Gasteiger partial charge in [0.05, 0.1) is 16.7 Å². The quantitative estimate of drug-likeness (QED) is 0.167. The lowest BCUT2D eigenvalue weighted by Crippen LogP contribution is -1.93. The first-order chi connectivity index (χ1) is 20.3. The van der Waals surface area contributed by atoms with Crippen molar-refractivity contribution in [3.05, 3.63) is 122 Å². The average Bonchev–Trinajstić information content (AvgIpc) is 3.41. The lowest BCUT2D eigenvalue weighted by Gasteiger charge is -2.17. The van der Waals surface area contributed by atoms with Crippen LogP contribution in [0.3, 0.4) is 0 Å². The molecule has 0 spiro atoms. The molecule has 0 fully saturated rings. The summed E-state index contributed by atoms with van der Waals surface area (Å²) in [6.45, 7) is 0. The Hall–Kier alpha value is -5.68. The van der Waals surface area contributed by atoms with Crippen molar-refractivity contribution in [3.8, 4) is 22.4 Å². The zero-order valence-corrected chi connectivity index (χ0v) is 21.7. The summed E-state index contributed by atoms with van der Waals surface area (Å²) in [7, 11) is 0. The smallest absolute Gasteiger partial charge is 0.246 e. The van der Waals surface area contributed by atoms with Crippen molar-refractivity contribution in [1.82, 2.24) is 19.9 Å². The predicted molar refractivity (Wildman–Crippen MR) is 166 cm³/mol. The summed E-state index contributed by atoms with van der Waals surface area (Å²) in [5.74, 6) is 0. The number of aromatic nitrogens is 4. The highest BCUT2D eigenvalue weighted by molar-refractivity contribution is 6.22. The highest BCUT2D eigenvalue weighted by atomic mass is 16.3. The molecule has 5 nitrogen and oxygen atoms in total. The zero-order valence-electron chi connectivity index (χ0n) is 21.7. The van der Waals surface area contributed by atoms with Crippen molar-refractivity contribution in [2.24, 2.45) is 0 Å². The van der Waals surface area contributed by atoms with E-state index in [2.05, 4.69) is 106 Å². The van der Waals surface area contributed by atoms with Gasteiger partial charge in [0.1, 0.15) is 11.1 Å². The molecule has 0 saturated heterocycles. The number of furan rings is 1. The van der Waals surface area contributed by atoms with Gasteiger partial charge in [0.15, 0.2) is 0 Å². The molecule has 5 heteroatoms. The van der Waals surface area contributed by atoms with Gasteiger partial charge < -0.3 is 4.42 Å². The second-order valence-electron chi connectivity index (χ2n) is 10.3. The van der Waals surface area contributed by atoms with E-state index in [1.54, 1.807) is 12.4 Å². The van der Waals surface area contributed by atoms with Crippen LogP contribution in [0, 0.1) is 0 Å². The van der Waals surface area contributed by atoms with Gasteiger partial charge in [0.2, 0.25) is 5.71 Å². The Balaban J connectivity index is 1.38. The summed E-state index contributed by atoms with van der Waals surface area (Å²) >= 11 is 0. The summed E-state index contributed by atoms with van der Waals surface area (Å²) < 4.78 is 5.97. The zero-order chi connectivity index (χ0) is 26.9. The van der Waals surface area contributed by atoms with E-state index in [-0.39, 0.29) is 0 Å². The summed E-state index contributed by atoms with van der Waals surface area (Å²) in [6.07, 6.45) is 5.20. The monoisotopic (exact) mass is 524 g/mol. The highest BCUT2D eigenvalue weighted by Gasteiger charge is 2.19. The first-order valence-electron chi connectivity index (χ1n) is 13.6. The van der Waals surface area contributed by atoms with Gasteiger partial charge in [-0.3, -0.25) is 4.98 Å². The molecule has 190 valence electrons. The van der Waals surface area contributed by atoms with Gasteiger partial charge in [-0.25, -0.2) is 15.0 Å². The Morgan fingerprint density at radius 2 is 1.12 bits per heavy atom. The normalized spacial score (nSPS) is 11.9. The molecule has 41 heavy (non-hydrogen) atoms. The Morgan fingerprint density at radius 1 is 0.463 bits per heavy atom. The molecular formula is C36H20N4O. The van der Waals surface area contributed by atoms with Crippen molar-refractivity contribution >= 4 is 65.6 Å². The lowest BCUT2D eigenvalue weighted by molar-refractivity contribution is 0.653. The third-order valence-corrected chi connectivity index (χ3v) is 8.01. The number of nitrogens with zero attached hydrogens (tertiary/aromatic N) is 4. The van der Waals surface area contributed by atoms with E-state index in [9.17, 15) is 0 Å². The average molecular weight is 525 g/mol. The SMILES string of the molecule is c1cnc2c(c1)ccc1ccc(-c3c4ccccc4c(-c4ccc5oc6nccnc6c5c4)c4ccccc34)nc12. The number of fused-ring (bicyclic) bond motifs is 8. The minimum atomic E-state index is 0.550. The molecule has 4 aromatic heterocycles. The third kappa shape index (κ3) is 3.23. The van der Waals surface area contributed by atoms with Crippen molar-refractivity contribution in [2.75, 3.05) is 0 Å². The van der Waals surface area contributed by atoms with Gasteiger partial charge in [-0.15, -0.1) is 0 Å². The Morgan fingerprint density at radius 3 is 1.90 bits per heavy atom. The van der Waals surface area contributed by atoms with E-state index in [1.165, 1.54) is 5.56 Å². The molecule has 0 bridgehead atoms. The standard InChI is InChI=1S/C36H20N4O/c1-3-9-26-24(7-1)31(23-14-16-30-28(20-23)35-36(41-30)39-19-18-38-35)25-8-2-4-10-27(25)32(26)29-15-13-22-12-11-21-6-5-17-37-33(21)34(22)40-29/h1-20H. The van der Waals surface area contributed by atoms with Gasteiger partial charge in [-0.1, -0.05) is 78.9 Å². The number of hydrogen-bond donors (Lipinski definition) is 0. The van der Waals surface area contributed by atoms with Crippen LogP contribution < -0.4 is 0 Å². The fourth-order valence-electron chi connectivity index (χ4n) is 6.23. The Labute approximate surface area is 233 Å². The number of benzene rings is 5. The maximum absolute atomic E-state index is 5.97. The lowest BCUT2D eigenvalue weighted by atomic mass is 9.87. The van der Waals surface area contributed by atoms with Crippen LogP contribution in [0.25, 0.3) is 87.9 Å². The maximum atomic E-state index is 5.97. The first-order valence-corrected chi connectivity index (χ1v) is 13.6. The summed E-state index contributed by atoms with van der Waals surface area (Å²) in [6, 6.07) is 36.1. The largest absolute Gasteiger partial charge is 0.436 e. The summed E-state index contributed by atoms with van der Waals surface area (Å²) in [5, 5.41) is 7.75. The molecule has 9 rings (SSSR count). The predicted octanol–water partition coefficient (Wildman–Crippen LogP) is 9.11. The number of hydrogen-bond acceptors (Lipinski definition) is 5. The van der Waals surface area contributed by atoms with Crippen LogP contribution in [-0.2, 0) is 0 Å². The van der Waals surface area contributed by atoms with Crippen LogP contribution in [0.1, 0.15) is 0 Å². The van der Waals surface area contributed by atoms with E-state index >= 15 is 0 Å². The van der Waals surface area contributed by atoms with Crippen LogP contribution in [0.4, 0.5) is 0 Å². The fourth-order valence-corrected chi connectivity index (χ4v) is 6.23. The molecule has 5 aromatic carbocycles. The van der Waals surface area contributed by atoms with Crippen molar-refractivity contribution in [2.45, 2.75) is 0 Å². The summed E-state index contributed by atoms with van der Waals surface area (Å²) in [5.41, 5.74) is 8.26. The van der Waals surface area contributed by atoms with Gasteiger partial charge in [0.25, 0.3) is 0 Å². The molecular weight excluding hydrogens is 504 g/mol. The molecule has 4 heterocycles. The topological polar surface area (TPSA) is 64.7 Å². The molecule has 0 unspecified atom stereocenters. The molecule has 0 amide bonds. The minimum Gasteiger partial charge on any atom is -0.436 e.